The summed E-state index contributed by atoms with van der Waals surface area (Å²) in [5, 5.41) is 4.27. The van der Waals surface area contributed by atoms with E-state index >= 15 is 0 Å². The van der Waals surface area contributed by atoms with E-state index < -0.39 is 0 Å². The summed E-state index contributed by atoms with van der Waals surface area (Å²) in [6.45, 7) is 2.93. The second-order valence-corrected chi connectivity index (χ2v) is 5.10. The fourth-order valence-electron chi connectivity index (χ4n) is 1.91. The average Bonchev–Trinajstić information content (AvgIpc) is 2.84. The fourth-order valence-corrected chi connectivity index (χ4v) is 2.35. The maximum absolute atomic E-state index is 5.64. The normalized spacial score (nSPS) is 12.6. The molecule has 0 saturated heterocycles. The van der Waals surface area contributed by atoms with Crippen molar-refractivity contribution < 1.29 is 0 Å². The molecule has 0 aliphatic rings. The van der Waals surface area contributed by atoms with Gasteiger partial charge in [-0.1, -0.05) is 28.1 Å². The lowest BCUT2D eigenvalue weighted by atomic mass is 10.0. The number of benzene rings is 1. The van der Waals surface area contributed by atoms with Crippen LogP contribution < -0.4 is 11.3 Å². The van der Waals surface area contributed by atoms with Gasteiger partial charge in [-0.2, -0.15) is 5.10 Å². The van der Waals surface area contributed by atoms with Gasteiger partial charge < -0.3 is 0 Å². The number of aromatic nitrogens is 2. The molecule has 2 aromatic rings. The monoisotopic (exact) mass is 308 g/mol. The molecule has 18 heavy (non-hydrogen) atoms. The second-order valence-electron chi connectivity index (χ2n) is 4.18. The Kier molecular flexibility index (Phi) is 4.52. The minimum atomic E-state index is 0.0830. The van der Waals surface area contributed by atoms with Gasteiger partial charge in [0, 0.05) is 22.8 Å². The number of rotatable bonds is 5. The quantitative estimate of drug-likeness (QED) is 0.659. The summed E-state index contributed by atoms with van der Waals surface area (Å²) in [6.07, 6.45) is 4.74. The van der Waals surface area contributed by atoms with Crippen molar-refractivity contribution in [3.8, 4) is 0 Å². The Labute approximate surface area is 115 Å². The Morgan fingerprint density at radius 1 is 1.50 bits per heavy atom. The van der Waals surface area contributed by atoms with E-state index in [0.717, 1.165) is 23.0 Å². The highest BCUT2D eigenvalue weighted by Crippen LogP contribution is 2.19. The van der Waals surface area contributed by atoms with Crippen molar-refractivity contribution in [2.24, 2.45) is 5.84 Å². The van der Waals surface area contributed by atoms with Gasteiger partial charge in [-0.15, -0.1) is 0 Å². The summed E-state index contributed by atoms with van der Waals surface area (Å²) in [4.78, 5) is 0. The smallest absolute Gasteiger partial charge is 0.0538 e. The average molecular weight is 309 g/mol. The number of hydrazine groups is 1. The molecule has 2 rings (SSSR count). The lowest BCUT2D eigenvalue weighted by Gasteiger charge is -2.14. The third kappa shape index (κ3) is 3.19. The van der Waals surface area contributed by atoms with E-state index in [4.69, 9.17) is 5.84 Å². The third-order valence-corrected chi connectivity index (χ3v) is 3.40. The van der Waals surface area contributed by atoms with E-state index in [9.17, 15) is 0 Å². The summed E-state index contributed by atoms with van der Waals surface area (Å²) in [6, 6.07) is 8.33. The van der Waals surface area contributed by atoms with Crippen LogP contribution in [0.3, 0.4) is 0 Å². The van der Waals surface area contributed by atoms with E-state index in [1.54, 1.807) is 0 Å². The van der Waals surface area contributed by atoms with Gasteiger partial charge in [0.2, 0.25) is 0 Å². The molecule has 1 unspecified atom stereocenters. The van der Waals surface area contributed by atoms with Crippen LogP contribution in [0.5, 0.6) is 0 Å². The molecule has 0 amide bonds. The molecule has 0 spiro atoms. The van der Waals surface area contributed by atoms with Crippen LogP contribution in [0, 0.1) is 0 Å². The maximum Gasteiger partial charge on any atom is 0.0538 e. The molecule has 1 aromatic carbocycles. The predicted octanol–water partition coefficient (Wildman–Crippen LogP) is 2.41. The Bertz CT molecular complexity index is 509. The highest BCUT2D eigenvalue weighted by atomic mass is 79.9. The standard InChI is InChI=1S/C13H17BrN4/c1-2-18-9-11(8-16-18)13(17-15)7-10-4-3-5-12(14)6-10/h3-6,8-9,13,17H,2,7,15H2,1H3. The van der Waals surface area contributed by atoms with Gasteiger partial charge in [-0.25, -0.2) is 0 Å². The van der Waals surface area contributed by atoms with Crippen LogP contribution in [0.2, 0.25) is 0 Å². The topological polar surface area (TPSA) is 55.9 Å². The summed E-state index contributed by atoms with van der Waals surface area (Å²) in [5.74, 6) is 5.64. The van der Waals surface area contributed by atoms with Crippen LogP contribution >= 0.6 is 15.9 Å². The molecule has 0 aliphatic carbocycles. The lowest BCUT2D eigenvalue weighted by molar-refractivity contribution is 0.550. The highest BCUT2D eigenvalue weighted by molar-refractivity contribution is 9.10. The molecule has 96 valence electrons. The van der Waals surface area contributed by atoms with E-state index in [-0.39, 0.29) is 6.04 Å². The first-order chi connectivity index (χ1) is 8.72. The number of hydrogen-bond donors (Lipinski definition) is 2. The first kappa shape index (κ1) is 13.3. The molecule has 0 fully saturated rings. The van der Waals surface area contributed by atoms with Gasteiger partial charge in [-0.3, -0.25) is 16.0 Å². The van der Waals surface area contributed by atoms with Crippen LogP contribution in [-0.4, -0.2) is 9.78 Å². The second kappa shape index (κ2) is 6.13. The minimum absolute atomic E-state index is 0.0830. The first-order valence-electron chi connectivity index (χ1n) is 5.96. The number of nitrogens with one attached hydrogen (secondary N) is 1. The molecular formula is C13H17BrN4. The van der Waals surface area contributed by atoms with Gasteiger partial charge in [-0.05, 0) is 31.0 Å². The SMILES string of the molecule is CCn1cc(C(Cc2cccc(Br)c2)NN)cn1. The fraction of sp³-hybridized carbons (Fsp3) is 0.308. The van der Waals surface area contributed by atoms with Gasteiger partial charge in [0.1, 0.15) is 0 Å². The summed E-state index contributed by atoms with van der Waals surface area (Å²) in [7, 11) is 0. The molecule has 3 N–H and O–H groups in total. The van der Waals surface area contributed by atoms with Crippen molar-refractivity contribution in [3.05, 3.63) is 52.3 Å². The van der Waals surface area contributed by atoms with Crippen LogP contribution in [0.4, 0.5) is 0 Å². The number of halogens is 1. The van der Waals surface area contributed by atoms with Crippen molar-refractivity contribution in [1.82, 2.24) is 15.2 Å². The van der Waals surface area contributed by atoms with E-state index in [0.29, 0.717) is 0 Å². The van der Waals surface area contributed by atoms with E-state index in [1.165, 1.54) is 5.56 Å². The molecule has 1 aromatic heterocycles. The lowest BCUT2D eigenvalue weighted by Crippen LogP contribution is -2.29. The minimum Gasteiger partial charge on any atom is -0.273 e. The van der Waals surface area contributed by atoms with Gasteiger partial charge in [0.25, 0.3) is 0 Å². The van der Waals surface area contributed by atoms with Crippen LogP contribution in [0.1, 0.15) is 24.1 Å². The van der Waals surface area contributed by atoms with E-state index in [2.05, 4.69) is 45.5 Å². The van der Waals surface area contributed by atoms with Crippen molar-refractivity contribution >= 4 is 15.9 Å². The Balaban J connectivity index is 2.14. The molecule has 0 bridgehead atoms. The largest absolute Gasteiger partial charge is 0.273 e. The van der Waals surface area contributed by atoms with E-state index in [1.807, 2.05) is 29.2 Å². The number of hydrogen-bond acceptors (Lipinski definition) is 3. The molecule has 4 nitrogen and oxygen atoms in total. The molecule has 5 heteroatoms. The zero-order valence-corrected chi connectivity index (χ0v) is 11.9. The van der Waals surface area contributed by atoms with Crippen LogP contribution in [-0.2, 0) is 13.0 Å². The molecule has 1 heterocycles. The van der Waals surface area contributed by atoms with Gasteiger partial charge in [0.15, 0.2) is 0 Å². The highest BCUT2D eigenvalue weighted by Gasteiger charge is 2.12. The molecular weight excluding hydrogens is 292 g/mol. The molecule has 0 saturated carbocycles. The summed E-state index contributed by atoms with van der Waals surface area (Å²) >= 11 is 3.48. The zero-order chi connectivity index (χ0) is 13.0. The van der Waals surface area contributed by atoms with Crippen molar-refractivity contribution in [2.75, 3.05) is 0 Å². The van der Waals surface area contributed by atoms with Crippen molar-refractivity contribution in [3.63, 3.8) is 0 Å². The van der Waals surface area contributed by atoms with Crippen LogP contribution in [0.25, 0.3) is 0 Å². The number of nitrogens with zero attached hydrogens (tertiary/aromatic N) is 2. The Hall–Kier alpha value is -1.17. The van der Waals surface area contributed by atoms with Gasteiger partial charge in [0.05, 0.1) is 12.2 Å². The molecule has 0 aliphatic heterocycles. The summed E-state index contributed by atoms with van der Waals surface area (Å²) < 4.78 is 2.99. The summed E-state index contributed by atoms with van der Waals surface area (Å²) in [5.41, 5.74) is 5.20. The zero-order valence-electron chi connectivity index (χ0n) is 10.3. The van der Waals surface area contributed by atoms with Crippen LogP contribution in [0.15, 0.2) is 41.1 Å². The molecule has 1 atom stereocenters. The van der Waals surface area contributed by atoms with Gasteiger partial charge >= 0.3 is 0 Å². The number of aryl methyl sites for hydroxylation is 1. The Morgan fingerprint density at radius 3 is 2.94 bits per heavy atom. The Morgan fingerprint density at radius 2 is 2.33 bits per heavy atom. The van der Waals surface area contributed by atoms with Crippen molar-refractivity contribution in [1.29, 1.82) is 0 Å². The maximum atomic E-state index is 5.64. The predicted molar refractivity (Wildman–Crippen MR) is 75.8 cm³/mol. The first-order valence-corrected chi connectivity index (χ1v) is 6.75. The third-order valence-electron chi connectivity index (χ3n) is 2.91. The van der Waals surface area contributed by atoms with Crippen molar-refractivity contribution in [2.45, 2.75) is 25.9 Å². The number of nitrogens with two attached hydrogens (primary N) is 1. The molecule has 0 radical (unpaired) electrons.